The van der Waals surface area contributed by atoms with Crippen LogP contribution in [-0.2, 0) is 10.0 Å². The van der Waals surface area contributed by atoms with E-state index in [0.29, 0.717) is 5.02 Å². The minimum Gasteiger partial charge on any atom is -0.496 e. The van der Waals surface area contributed by atoms with Crippen molar-refractivity contribution in [3.8, 4) is 5.75 Å². The fourth-order valence-electron chi connectivity index (χ4n) is 2.12. The van der Waals surface area contributed by atoms with E-state index in [4.69, 9.17) is 16.3 Å². The molecule has 2 N–H and O–H groups in total. The molecule has 0 aromatic heterocycles. The molecule has 0 saturated heterocycles. The molecular formula is C17H18ClN3O5S. The van der Waals surface area contributed by atoms with Crippen molar-refractivity contribution >= 4 is 33.4 Å². The fourth-order valence-corrected chi connectivity index (χ4v) is 3.24. The minimum absolute atomic E-state index is 0.0389. The standard InChI is InChI=1S/C17H18ClN3O5S/c1-21(2)27(24,25)13-6-4-5-11(9-13)16(22)19-20-17(23)14-10-12(18)7-8-15(14)26-3/h4-10H,1-3H3,(H,19,22)(H,20,23). The van der Waals surface area contributed by atoms with Crippen LogP contribution in [0.1, 0.15) is 20.7 Å². The number of amides is 2. The summed E-state index contributed by atoms with van der Waals surface area (Å²) in [5, 5.41) is 0.328. The van der Waals surface area contributed by atoms with Gasteiger partial charge in [0, 0.05) is 24.7 Å². The van der Waals surface area contributed by atoms with Gasteiger partial charge in [0.05, 0.1) is 17.6 Å². The molecule has 2 aromatic carbocycles. The highest BCUT2D eigenvalue weighted by Crippen LogP contribution is 2.22. The largest absolute Gasteiger partial charge is 0.496 e. The first-order valence-electron chi connectivity index (χ1n) is 7.63. The molecule has 0 saturated carbocycles. The zero-order chi connectivity index (χ0) is 20.2. The zero-order valence-corrected chi connectivity index (χ0v) is 16.4. The van der Waals surface area contributed by atoms with Gasteiger partial charge in [0.2, 0.25) is 10.0 Å². The normalized spacial score (nSPS) is 11.1. The summed E-state index contributed by atoms with van der Waals surface area (Å²) in [7, 11) is 0.491. The quantitative estimate of drug-likeness (QED) is 0.728. The molecule has 2 rings (SSSR count). The molecular weight excluding hydrogens is 394 g/mol. The highest BCUT2D eigenvalue weighted by molar-refractivity contribution is 7.89. The van der Waals surface area contributed by atoms with E-state index in [9.17, 15) is 18.0 Å². The molecule has 10 heteroatoms. The Morgan fingerprint density at radius 2 is 1.70 bits per heavy atom. The van der Waals surface area contributed by atoms with Crippen molar-refractivity contribution in [2.24, 2.45) is 0 Å². The number of hydrogen-bond donors (Lipinski definition) is 2. The predicted octanol–water partition coefficient (Wildman–Crippen LogP) is 1.67. The van der Waals surface area contributed by atoms with Crippen molar-refractivity contribution in [3.05, 3.63) is 58.6 Å². The molecule has 0 heterocycles. The molecule has 144 valence electrons. The first-order valence-corrected chi connectivity index (χ1v) is 9.45. The molecule has 0 bridgehead atoms. The van der Waals surface area contributed by atoms with Gasteiger partial charge in [-0.05, 0) is 36.4 Å². The molecule has 2 amide bonds. The van der Waals surface area contributed by atoms with Crippen molar-refractivity contribution in [3.63, 3.8) is 0 Å². The Morgan fingerprint density at radius 3 is 2.33 bits per heavy atom. The Hall–Kier alpha value is -2.62. The van der Waals surface area contributed by atoms with E-state index in [1.807, 2.05) is 0 Å². The Kier molecular flexibility index (Phi) is 6.42. The van der Waals surface area contributed by atoms with Crippen LogP contribution >= 0.6 is 11.6 Å². The second kappa shape index (κ2) is 8.38. The smallest absolute Gasteiger partial charge is 0.273 e. The Balaban J connectivity index is 2.15. The van der Waals surface area contributed by atoms with Crippen molar-refractivity contribution < 1.29 is 22.7 Å². The third-order valence-electron chi connectivity index (χ3n) is 3.57. The van der Waals surface area contributed by atoms with Crippen molar-refractivity contribution in [2.75, 3.05) is 21.2 Å². The number of methoxy groups -OCH3 is 1. The number of benzene rings is 2. The average molecular weight is 412 g/mol. The number of ether oxygens (including phenoxy) is 1. The first kappa shape index (κ1) is 20.7. The third kappa shape index (κ3) is 4.76. The molecule has 0 unspecified atom stereocenters. The summed E-state index contributed by atoms with van der Waals surface area (Å²) < 4.78 is 30.4. The summed E-state index contributed by atoms with van der Waals surface area (Å²) >= 11 is 5.88. The van der Waals surface area contributed by atoms with Crippen LogP contribution in [0, 0.1) is 0 Å². The maximum absolute atomic E-state index is 12.3. The summed E-state index contributed by atoms with van der Waals surface area (Å²) in [5.74, 6) is -1.04. The lowest BCUT2D eigenvalue weighted by molar-refractivity contribution is 0.0845. The number of hydrazine groups is 1. The second-order valence-corrected chi connectivity index (χ2v) is 8.16. The molecule has 0 spiro atoms. The van der Waals surface area contributed by atoms with Gasteiger partial charge in [-0.2, -0.15) is 0 Å². The maximum Gasteiger partial charge on any atom is 0.273 e. The van der Waals surface area contributed by atoms with Crippen molar-refractivity contribution in [2.45, 2.75) is 4.90 Å². The van der Waals surface area contributed by atoms with Crippen LogP contribution in [0.25, 0.3) is 0 Å². The summed E-state index contributed by atoms with van der Waals surface area (Å²) in [6.45, 7) is 0. The lowest BCUT2D eigenvalue weighted by Crippen LogP contribution is -2.41. The van der Waals surface area contributed by atoms with E-state index in [2.05, 4.69) is 10.9 Å². The van der Waals surface area contributed by atoms with Crippen LogP contribution in [0.15, 0.2) is 47.4 Å². The molecule has 0 atom stereocenters. The minimum atomic E-state index is -3.69. The highest BCUT2D eigenvalue weighted by atomic mass is 35.5. The summed E-state index contributed by atoms with van der Waals surface area (Å²) in [6.07, 6.45) is 0. The van der Waals surface area contributed by atoms with Crippen molar-refractivity contribution in [1.29, 1.82) is 0 Å². The van der Waals surface area contributed by atoms with Crippen LogP contribution in [0.4, 0.5) is 0 Å². The topological polar surface area (TPSA) is 105 Å². The number of nitrogens with one attached hydrogen (secondary N) is 2. The van der Waals surface area contributed by atoms with E-state index in [0.717, 1.165) is 4.31 Å². The van der Waals surface area contributed by atoms with Gasteiger partial charge < -0.3 is 4.74 Å². The Bertz CT molecular complexity index is 976. The summed E-state index contributed by atoms with van der Waals surface area (Å²) in [4.78, 5) is 24.5. The van der Waals surface area contributed by atoms with E-state index >= 15 is 0 Å². The number of carbonyl (C=O) groups is 2. The van der Waals surface area contributed by atoms with E-state index in [1.54, 1.807) is 6.07 Å². The Labute approximate surface area is 162 Å². The third-order valence-corrected chi connectivity index (χ3v) is 5.62. The maximum atomic E-state index is 12.3. The molecule has 0 fully saturated rings. The molecule has 0 aliphatic carbocycles. The van der Waals surface area contributed by atoms with Crippen LogP contribution in [0.2, 0.25) is 5.02 Å². The number of nitrogens with zero attached hydrogens (tertiary/aromatic N) is 1. The molecule has 0 aliphatic rings. The van der Waals surface area contributed by atoms with Gasteiger partial charge in [-0.3, -0.25) is 20.4 Å². The van der Waals surface area contributed by atoms with Crippen LogP contribution < -0.4 is 15.6 Å². The number of halogens is 1. The molecule has 0 radical (unpaired) electrons. The molecule has 8 nitrogen and oxygen atoms in total. The molecule has 27 heavy (non-hydrogen) atoms. The molecule has 2 aromatic rings. The summed E-state index contributed by atoms with van der Waals surface area (Å²) in [5.41, 5.74) is 4.67. The SMILES string of the molecule is COc1ccc(Cl)cc1C(=O)NNC(=O)c1cccc(S(=O)(=O)N(C)C)c1. The molecule has 0 aliphatic heterocycles. The number of hydrogen-bond acceptors (Lipinski definition) is 5. The fraction of sp³-hybridized carbons (Fsp3) is 0.176. The zero-order valence-electron chi connectivity index (χ0n) is 14.8. The van der Waals surface area contributed by atoms with Gasteiger partial charge in [-0.1, -0.05) is 17.7 Å². The van der Waals surface area contributed by atoms with Gasteiger partial charge in [0.1, 0.15) is 5.75 Å². The number of carbonyl (C=O) groups excluding carboxylic acids is 2. The van der Waals surface area contributed by atoms with Gasteiger partial charge in [0.15, 0.2) is 0 Å². The van der Waals surface area contributed by atoms with E-state index in [1.165, 1.54) is 57.6 Å². The first-order chi connectivity index (χ1) is 12.7. The van der Waals surface area contributed by atoms with Gasteiger partial charge in [-0.25, -0.2) is 12.7 Å². The lowest BCUT2D eigenvalue weighted by Gasteiger charge is -2.13. The number of rotatable bonds is 5. The lowest BCUT2D eigenvalue weighted by atomic mass is 10.2. The van der Waals surface area contributed by atoms with Gasteiger partial charge in [0.25, 0.3) is 11.8 Å². The average Bonchev–Trinajstić information content (AvgIpc) is 2.65. The van der Waals surface area contributed by atoms with E-state index in [-0.39, 0.29) is 21.8 Å². The van der Waals surface area contributed by atoms with Gasteiger partial charge in [-0.15, -0.1) is 0 Å². The highest BCUT2D eigenvalue weighted by Gasteiger charge is 2.19. The summed E-state index contributed by atoms with van der Waals surface area (Å²) in [6, 6.07) is 9.94. The Morgan fingerprint density at radius 1 is 1.04 bits per heavy atom. The van der Waals surface area contributed by atoms with Crippen LogP contribution in [-0.4, -0.2) is 45.7 Å². The van der Waals surface area contributed by atoms with E-state index < -0.39 is 21.8 Å². The second-order valence-electron chi connectivity index (χ2n) is 5.57. The number of sulfonamides is 1. The van der Waals surface area contributed by atoms with Crippen LogP contribution in [0.3, 0.4) is 0 Å². The monoisotopic (exact) mass is 411 g/mol. The van der Waals surface area contributed by atoms with Gasteiger partial charge >= 0.3 is 0 Å². The van der Waals surface area contributed by atoms with Crippen LogP contribution in [0.5, 0.6) is 5.75 Å². The van der Waals surface area contributed by atoms with Crippen molar-refractivity contribution in [1.82, 2.24) is 15.2 Å². The predicted molar refractivity (Wildman–Crippen MR) is 100 cm³/mol.